The van der Waals surface area contributed by atoms with E-state index in [1.165, 1.54) is 0 Å². The molecule has 0 fully saturated rings. The molecule has 5 nitrogen and oxygen atoms in total. The number of ether oxygens (including phenoxy) is 1. The zero-order valence-electron chi connectivity index (χ0n) is 12.3. The molecule has 0 spiro atoms. The molecule has 3 N–H and O–H groups in total. The van der Waals surface area contributed by atoms with Crippen molar-refractivity contribution in [2.75, 3.05) is 12.9 Å². The minimum Gasteiger partial charge on any atom is -0.497 e. The minimum atomic E-state index is -0.693. The molecule has 1 unspecified atom stereocenters. The average molecular weight is 304 g/mol. The van der Waals surface area contributed by atoms with Gasteiger partial charge in [0.25, 0.3) is 0 Å². The van der Waals surface area contributed by atoms with Crippen LogP contribution in [0.5, 0.6) is 5.75 Å². The summed E-state index contributed by atoms with van der Waals surface area (Å²) >= 11 is 1.65. The minimum absolute atomic E-state index is 0.679. The first kappa shape index (κ1) is 15.7. The number of fused-ring (bicyclic) bond motifs is 1. The highest BCUT2D eigenvalue weighted by Crippen LogP contribution is 2.24. The molecule has 2 rings (SSSR count). The quantitative estimate of drug-likeness (QED) is 0.606. The first-order valence-electron chi connectivity index (χ1n) is 6.97. The van der Waals surface area contributed by atoms with Gasteiger partial charge in [-0.1, -0.05) is 18.7 Å². The van der Waals surface area contributed by atoms with E-state index in [2.05, 4.69) is 16.0 Å². The summed E-state index contributed by atoms with van der Waals surface area (Å²) in [5.74, 6) is 1.70. The highest BCUT2D eigenvalue weighted by molar-refractivity contribution is 7.99. The third kappa shape index (κ3) is 3.90. The lowest BCUT2D eigenvalue weighted by atomic mass is 9.94. The Morgan fingerprint density at radius 1 is 1.52 bits per heavy atom. The van der Waals surface area contributed by atoms with E-state index in [0.717, 1.165) is 34.1 Å². The zero-order chi connectivity index (χ0) is 15.3. The van der Waals surface area contributed by atoms with Gasteiger partial charge >= 0.3 is 0 Å². The maximum absolute atomic E-state index is 9.03. The summed E-state index contributed by atoms with van der Waals surface area (Å²) in [5.41, 5.74) is 7.16. The van der Waals surface area contributed by atoms with Crippen LogP contribution in [-0.4, -0.2) is 28.4 Å². The van der Waals surface area contributed by atoms with E-state index in [-0.39, 0.29) is 0 Å². The number of nitrogens with two attached hydrogens (primary N) is 1. The Morgan fingerprint density at radius 2 is 2.33 bits per heavy atom. The van der Waals surface area contributed by atoms with Crippen molar-refractivity contribution in [3.63, 3.8) is 0 Å². The molecule has 0 amide bonds. The molecule has 0 aliphatic heterocycles. The molecule has 1 aromatic carbocycles. The zero-order valence-corrected chi connectivity index (χ0v) is 13.2. The average Bonchev–Trinajstić information content (AvgIpc) is 2.93. The lowest BCUT2D eigenvalue weighted by Gasteiger charge is -2.18. The van der Waals surface area contributed by atoms with Crippen molar-refractivity contribution < 1.29 is 4.74 Å². The Bertz CT molecular complexity index is 649. The third-order valence-electron chi connectivity index (χ3n) is 3.53. The van der Waals surface area contributed by atoms with E-state index in [1.54, 1.807) is 18.9 Å². The molecule has 6 heteroatoms. The Morgan fingerprint density at radius 3 is 3.00 bits per heavy atom. The highest BCUT2D eigenvalue weighted by Gasteiger charge is 2.21. The Labute approximate surface area is 128 Å². The van der Waals surface area contributed by atoms with Crippen LogP contribution in [0.15, 0.2) is 23.4 Å². The van der Waals surface area contributed by atoms with Crippen molar-refractivity contribution in [2.45, 2.75) is 36.9 Å². The van der Waals surface area contributed by atoms with Crippen molar-refractivity contribution in [1.82, 2.24) is 9.97 Å². The van der Waals surface area contributed by atoms with E-state index < -0.39 is 5.54 Å². The van der Waals surface area contributed by atoms with Crippen molar-refractivity contribution in [3.05, 3.63) is 18.2 Å². The molecule has 0 bridgehead atoms. The largest absolute Gasteiger partial charge is 0.497 e. The number of nitrogens with zero attached hydrogens (tertiary/aromatic N) is 2. The number of methoxy groups -OCH3 is 1. The maximum atomic E-state index is 9.03. The van der Waals surface area contributed by atoms with Gasteiger partial charge in [0.2, 0.25) is 0 Å². The van der Waals surface area contributed by atoms with Crippen molar-refractivity contribution in [2.24, 2.45) is 5.73 Å². The molecule has 21 heavy (non-hydrogen) atoms. The Hall–Kier alpha value is -1.71. The molecule has 0 radical (unpaired) electrons. The van der Waals surface area contributed by atoms with Gasteiger partial charge < -0.3 is 15.5 Å². The van der Waals surface area contributed by atoms with Crippen molar-refractivity contribution >= 4 is 22.8 Å². The van der Waals surface area contributed by atoms with Crippen LogP contribution in [0.4, 0.5) is 0 Å². The molecule has 2 aromatic rings. The fourth-order valence-electron chi connectivity index (χ4n) is 2.03. The molecule has 0 aliphatic rings. The molecule has 0 aliphatic carbocycles. The normalized spacial score (nSPS) is 13.8. The molecule has 112 valence electrons. The smallest absolute Gasteiger partial charge is 0.166 e. The lowest BCUT2D eigenvalue weighted by Crippen LogP contribution is -2.37. The second-order valence-corrected chi connectivity index (χ2v) is 6.08. The maximum Gasteiger partial charge on any atom is 0.166 e. The molecule has 1 atom stereocenters. The molecular weight excluding hydrogens is 284 g/mol. The van der Waals surface area contributed by atoms with Crippen LogP contribution >= 0.6 is 11.8 Å². The Kier molecular flexibility index (Phi) is 5.10. The molecular formula is C15H20N4OS. The predicted octanol–water partition coefficient (Wildman–Crippen LogP) is 3.07. The molecule has 1 heterocycles. The lowest BCUT2D eigenvalue weighted by molar-refractivity contribution is 0.415. The van der Waals surface area contributed by atoms with Crippen LogP contribution in [0, 0.1) is 11.3 Å². The highest BCUT2D eigenvalue weighted by atomic mass is 32.2. The van der Waals surface area contributed by atoms with Gasteiger partial charge in [-0.3, -0.25) is 0 Å². The van der Waals surface area contributed by atoms with Crippen LogP contribution in [0.2, 0.25) is 0 Å². The number of rotatable bonds is 7. The number of aromatic amines is 1. The predicted molar refractivity (Wildman–Crippen MR) is 85.4 cm³/mol. The molecule has 0 saturated heterocycles. The Balaban J connectivity index is 1.91. The van der Waals surface area contributed by atoms with E-state index in [9.17, 15) is 0 Å². The topological polar surface area (TPSA) is 87.7 Å². The molecule has 0 saturated carbocycles. The number of thioether (sulfide) groups is 1. The fraction of sp³-hybridized carbons (Fsp3) is 0.467. The van der Waals surface area contributed by atoms with E-state index >= 15 is 0 Å². The summed E-state index contributed by atoms with van der Waals surface area (Å²) in [6.07, 6.45) is 2.28. The second-order valence-electron chi connectivity index (χ2n) is 5.00. The van der Waals surface area contributed by atoms with Gasteiger partial charge in [0.15, 0.2) is 5.16 Å². The van der Waals surface area contributed by atoms with Gasteiger partial charge in [-0.05, 0) is 31.4 Å². The number of H-pyrrole nitrogens is 1. The van der Waals surface area contributed by atoms with Crippen molar-refractivity contribution in [1.29, 1.82) is 5.26 Å². The first-order chi connectivity index (χ1) is 10.1. The summed E-state index contributed by atoms with van der Waals surface area (Å²) in [6.45, 7) is 1.95. The van der Waals surface area contributed by atoms with E-state index in [4.69, 9.17) is 15.7 Å². The van der Waals surface area contributed by atoms with Crippen LogP contribution in [-0.2, 0) is 0 Å². The molecule has 1 aromatic heterocycles. The summed E-state index contributed by atoms with van der Waals surface area (Å²) in [5, 5.41) is 9.92. The van der Waals surface area contributed by atoms with E-state index in [0.29, 0.717) is 12.8 Å². The number of aromatic nitrogens is 2. The van der Waals surface area contributed by atoms with Crippen LogP contribution in [0.1, 0.15) is 26.2 Å². The third-order valence-corrected chi connectivity index (χ3v) is 4.49. The SMILES string of the molecule is CCC(N)(C#N)CCCSc1nc2ccc(OC)cc2[nH]1. The summed E-state index contributed by atoms with van der Waals surface area (Å²) in [6, 6.07) is 7.96. The summed E-state index contributed by atoms with van der Waals surface area (Å²) in [7, 11) is 1.65. The number of hydrogen-bond donors (Lipinski definition) is 2. The standard InChI is InChI=1S/C15H20N4OS/c1-3-15(17,10-16)7-4-8-21-14-18-12-6-5-11(20-2)9-13(12)19-14/h5-6,9H,3-4,7-8,17H2,1-2H3,(H,18,19). The number of hydrogen-bond acceptors (Lipinski definition) is 5. The van der Waals surface area contributed by atoms with Crippen LogP contribution in [0.25, 0.3) is 11.0 Å². The van der Waals surface area contributed by atoms with Crippen LogP contribution < -0.4 is 10.5 Å². The van der Waals surface area contributed by atoms with E-state index in [1.807, 2.05) is 25.1 Å². The first-order valence-corrected chi connectivity index (χ1v) is 7.95. The van der Waals surface area contributed by atoms with Gasteiger partial charge in [-0.25, -0.2) is 4.98 Å². The van der Waals surface area contributed by atoms with Gasteiger partial charge in [0.1, 0.15) is 11.3 Å². The summed E-state index contributed by atoms with van der Waals surface area (Å²) in [4.78, 5) is 7.79. The number of nitrogens with one attached hydrogen (secondary N) is 1. The van der Waals surface area contributed by atoms with Gasteiger partial charge in [-0.2, -0.15) is 5.26 Å². The number of benzene rings is 1. The second kappa shape index (κ2) is 6.83. The number of imidazole rings is 1. The van der Waals surface area contributed by atoms with Gasteiger partial charge in [0.05, 0.1) is 24.2 Å². The van der Waals surface area contributed by atoms with Crippen LogP contribution in [0.3, 0.4) is 0 Å². The monoisotopic (exact) mass is 304 g/mol. The number of nitriles is 1. The van der Waals surface area contributed by atoms with Crippen molar-refractivity contribution in [3.8, 4) is 11.8 Å². The van der Waals surface area contributed by atoms with Gasteiger partial charge in [0, 0.05) is 11.8 Å². The van der Waals surface area contributed by atoms with Gasteiger partial charge in [-0.15, -0.1) is 0 Å². The summed E-state index contributed by atoms with van der Waals surface area (Å²) < 4.78 is 5.19. The fourth-order valence-corrected chi connectivity index (χ4v) is 2.86.